The van der Waals surface area contributed by atoms with Gasteiger partial charge < -0.3 is 23.8 Å². The van der Waals surface area contributed by atoms with Gasteiger partial charge in [-0.15, -0.1) is 0 Å². The summed E-state index contributed by atoms with van der Waals surface area (Å²) in [6, 6.07) is 0. The second-order valence-corrected chi connectivity index (χ2v) is 7.24. The van der Waals surface area contributed by atoms with E-state index in [1.54, 1.807) is 0 Å². The summed E-state index contributed by atoms with van der Waals surface area (Å²) in [5.41, 5.74) is -1.29. The van der Waals surface area contributed by atoms with Gasteiger partial charge in [-0.25, -0.2) is 0 Å². The summed E-state index contributed by atoms with van der Waals surface area (Å²) in [4.78, 5) is 32.7. The first-order chi connectivity index (χ1) is 10.5. The van der Waals surface area contributed by atoms with Crippen molar-refractivity contribution >= 4 is 25.4 Å². The first-order valence-electron chi connectivity index (χ1n) is 6.90. The van der Waals surface area contributed by atoms with Crippen molar-refractivity contribution in [2.75, 3.05) is 33.0 Å². The molecule has 0 aromatic rings. The Hall–Kier alpha value is -1.44. The molecule has 0 radical (unpaired) electrons. The van der Waals surface area contributed by atoms with Crippen LogP contribution >= 0.6 is 7.60 Å². The van der Waals surface area contributed by atoms with Gasteiger partial charge in [-0.2, -0.15) is 0 Å². The van der Waals surface area contributed by atoms with Gasteiger partial charge in [-0.1, -0.05) is 0 Å². The molecule has 0 spiro atoms. The van der Waals surface area contributed by atoms with Crippen LogP contribution in [-0.4, -0.2) is 56.5 Å². The van der Waals surface area contributed by atoms with Gasteiger partial charge in [0.15, 0.2) is 5.60 Å². The molecule has 0 aliphatic rings. The zero-order chi connectivity index (χ0) is 18.1. The minimum absolute atomic E-state index is 0.00157. The molecular weight excluding hydrogens is 329 g/mol. The van der Waals surface area contributed by atoms with E-state index in [0.29, 0.717) is 0 Å². The molecule has 9 nitrogen and oxygen atoms in total. The molecule has 0 bridgehead atoms. The minimum Gasteiger partial charge on any atom is -0.462 e. The highest BCUT2D eigenvalue weighted by Crippen LogP contribution is 2.44. The molecule has 0 saturated heterocycles. The molecule has 134 valence electrons. The van der Waals surface area contributed by atoms with E-state index in [9.17, 15) is 18.9 Å². The van der Waals surface area contributed by atoms with E-state index >= 15 is 0 Å². The zero-order valence-electron chi connectivity index (χ0n) is 14.0. The number of amides is 1. The summed E-state index contributed by atoms with van der Waals surface area (Å²) in [6.07, 6.45) is 0. The Bertz CT molecular complexity index is 481. The highest BCUT2D eigenvalue weighted by atomic mass is 31.2. The molecule has 1 amide bonds. The lowest BCUT2D eigenvalue weighted by molar-refractivity contribution is -0.171. The number of esters is 2. The maximum atomic E-state index is 12.1. The van der Waals surface area contributed by atoms with Gasteiger partial charge >= 0.3 is 19.5 Å². The Morgan fingerprint density at radius 3 is 2.13 bits per heavy atom. The van der Waals surface area contributed by atoms with Gasteiger partial charge in [0.25, 0.3) is 0 Å². The Morgan fingerprint density at radius 1 is 1.04 bits per heavy atom. The number of nitrogens with one attached hydrogen (secondary N) is 1. The lowest BCUT2D eigenvalue weighted by Gasteiger charge is -2.29. The number of carbonyl (C=O) groups excluding carboxylic acids is 3. The Labute approximate surface area is 135 Å². The fourth-order valence-electron chi connectivity index (χ4n) is 1.43. The average Bonchev–Trinajstić information content (AvgIpc) is 2.39. The van der Waals surface area contributed by atoms with Crippen molar-refractivity contribution in [1.29, 1.82) is 0 Å². The zero-order valence-corrected chi connectivity index (χ0v) is 14.9. The molecule has 0 aromatic carbocycles. The molecule has 2 atom stereocenters. The average molecular weight is 353 g/mol. The monoisotopic (exact) mass is 353 g/mol. The van der Waals surface area contributed by atoms with Gasteiger partial charge in [-0.3, -0.25) is 18.9 Å². The van der Waals surface area contributed by atoms with E-state index in [1.807, 2.05) is 0 Å². The standard InChI is InChI=1S/C13H24NO8P/c1-10(15)14-6-7-20-23(5,18)21-9-13(4,22-12(3)17)8-19-11(2)16/h6-9H2,1-5H3,(H,14,15). The van der Waals surface area contributed by atoms with Crippen molar-refractivity contribution < 1.29 is 37.5 Å². The molecule has 0 aromatic heterocycles. The summed E-state index contributed by atoms with van der Waals surface area (Å²) >= 11 is 0. The van der Waals surface area contributed by atoms with Crippen molar-refractivity contribution in [2.24, 2.45) is 0 Å². The lowest BCUT2D eigenvalue weighted by atomic mass is 10.1. The van der Waals surface area contributed by atoms with Gasteiger partial charge in [0.05, 0.1) is 13.2 Å². The normalized spacial score (nSPS) is 15.9. The van der Waals surface area contributed by atoms with Crippen LogP contribution in [0.15, 0.2) is 0 Å². The molecule has 10 heteroatoms. The third-order valence-corrected chi connectivity index (χ3v) is 3.63. The minimum atomic E-state index is -3.42. The van der Waals surface area contributed by atoms with Crippen LogP contribution in [0.25, 0.3) is 0 Å². The van der Waals surface area contributed by atoms with Gasteiger partial charge in [0.2, 0.25) is 5.91 Å². The molecule has 2 unspecified atom stereocenters. The largest absolute Gasteiger partial charge is 0.462 e. The SMILES string of the molecule is CC(=O)NCCOP(C)(=O)OCC(C)(COC(C)=O)OC(C)=O. The summed E-state index contributed by atoms with van der Waals surface area (Å²) in [5, 5.41) is 2.48. The predicted octanol–water partition coefficient (Wildman–Crippen LogP) is 0.863. The van der Waals surface area contributed by atoms with Crippen LogP contribution in [0.3, 0.4) is 0 Å². The number of carbonyl (C=O) groups is 3. The first kappa shape index (κ1) is 21.6. The number of hydrogen-bond donors (Lipinski definition) is 1. The van der Waals surface area contributed by atoms with Crippen molar-refractivity contribution in [3.05, 3.63) is 0 Å². The van der Waals surface area contributed by atoms with E-state index in [2.05, 4.69) is 5.32 Å². The molecule has 23 heavy (non-hydrogen) atoms. The van der Waals surface area contributed by atoms with Crippen molar-refractivity contribution in [3.8, 4) is 0 Å². The van der Waals surface area contributed by atoms with Crippen LogP contribution in [0.5, 0.6) is 0 Å². The van der Waals surface area contributed by atoms with Gasteiger partial charge in [-0.05, 0) is 6.92 Å². The smallest absolute Gasteiger partial charge is 0.327 e. The van der Waals surface area contributed by atoms with Gasteiger partial charge in [0.1, 0.15) is 6.61 Å². The van der Waals surface area contributed by atoms with Crippen molar-refractivity contribution in [3.63, 3.8) is 0 Å². The maximum absolute atomic E-state index is 12.1. The van der Waals surface area contributed by atoms with Crippen molar-refractivity contribution in [1.82, 2.24) is 5.32 Å². The van der Waals surface area contributed by atoms with Crippen molar-refractivity contribution in [2.45, 2.75) is 33.3 Å². The van der Waals surface area contributed by atoms with Crippen LogP contribution in [0, 0.1) is 0 Å². The Balaban J connectivity index is 4.50. The summed E-state index contributed by atoms with van der Waals surface area (Å²) < 4.78 is 32.3. The molecule has 0 heterocycles. The number of rotatable bonds is 10. The quantitative estimate of drug-likeness (QED) is 0.349. The summed E-state index contributed by atoms with van der Waals surface area (Å²) in [6.45, 7) is 6.15. The third-order valence-electron chi connectivity index (χ3n) is 2.38. The second kappa shape index (κ2) is 9.64. The predicted molar refractivity (Wildman–Crippen MR) is 80.9 cm³/mol. The van der Waals surface area contributed by atoms with E-state index in [0.717, 1.165) is 0 Å². The molecule has 0 fully saturated rings. The lowest BCUT2D eigenvalue weighted by Crippen LogP contribution is -2.41. The van der Waals surface area contributed by atoms with E-state index in [4.69, 9.17) is 18.5 Å². The van der Waals surface area contributed by atoms with Crippen LogP contribution in [0.4, 0.5) is 0 Å². The second-order valence-electron chi connectivity index (χ2n) is 5.18. The van der Waals surface area contributed by atoms with Crippen LogP contribution < -0.4 is 5.32 Å². The van der Waals surface area contributed by atoms with Crippen LogP contribution in [0.1, 0.15) is 27.7 Å². The fraction of sp³-hybridized carbons (Fsp3) is 0.769. The summed E-state index contributed by atoms with van der Waals surface area (Å²) in [7, 11) is -3.42. The van der Waals surface area contributed by atoms with Gasteiger partial charge in [0, 0.05) is 34.0 Å². The third kappa shape index (κ3) is 11.7. The Kier molecular flexibility index (Phi) is 9.04. The van der Waals surface area contributed by atoms with E-state index in [1.165, 1.54) is 34.4 Å². The number of hydrogen-bond acceptors (Lipinski definition) is 8. The first-order valence-corrected chi connectivity index (χ1v) is 8.89. The fourth-order valence-corrected chi connectivity index (χ4v) is 2.44. The summed E-state index contributed by atoms with van der Waals surface area (Å²) in [5.74, 6) is -1.38. The maximum Gasteiger partial charge on any atom is 0.327 e. The van der Waals surface area contributed by atoms with E-state index in [-0.39, 0.29) is 32.3 Å². The van der Waals surface area contributed by atoms with E-state index < -0.39 is 25.1 Å². The molecule has 0 aliphatic heterocycles. The Morgan fingerprint density at radius 2 is 1.65 bits per heavy atom. The molecule has 0 aliphatic carbocycles. The molecule has 1 N–H and O–H groups in total. The molecule has 0 saturated carbocycles. The number of ether oxygens (including phenoxy) is 2. The molecule has 0 rings (SSSR count). The highest BCUT2D eigenvalue weighted by molar-refractivity contribution is 7.52. The molecular formula is C13H24NO8P. The highest BCUT2D eigenvalue weighted by Gasteiger charge is 2.33. The van der Waals surface area contributed by atoms with Crippen LogP contribution in [-0.2, 0) is 37.5 Å². The van der Waals surface area contributed by atoms with Crippen LogP contribution in [0.2, 0.25) is 0 Å². The topological polar surface area (TPSA) is 117 Å².